The molecule has 2 aromatic rings. The summed E-state index contributed by atoms with van der Waals surface area (Å²) in [7, 11) is 0. The van der Waals surface area contributed by atoms with E-state index in [0.29, 0.717) is 31.7 Å². The zero-order chi connectivity index (χ0) is 15.4. The van der Waals surface area contributed by atoms with Crippen molar-refractivity contribution in [3.05, 3.63) is 47.5 Å². The number of carbonyl (C=O) groups excluding carboxylic acids is 1. The lowest BCUT2D eigenvalue weighted by Crippen LogP contribution is -2.42. The smallest absolute Gasteiger partial charge is 0.255 e. The maximum Gasteiger partial charge on any atom is 0.255 e. The highest BCUT2D eigenvalue weighted by molar-refractivity contribution is 5.93. The SMILES string of the molecule is O=C(c1cccnc1)N1CCO[C@@H](c2cc(CCO)[nH]n2)C1. The summed E-state index contributed by atoms with van der Waals surface area (Å²) < 4.78 is 5.72. The zero-order valence-electron chi connectivity index (χ0n) is 12.1. The molecule has 3 rings (SSSR count). The minimum atomic E-state index is -0.252. The van der Waals surface area contributed by atoms with Crippen LogP contribution in [0.25, 0.3) is 0 Å². The fourth-order valence-corrected chi connectivity index (χ4v) is 2.48. The average Bonchev–Trinajstić information content (AvgIpc) is 3.04. The molecule has 0 aromatic carbocycles. The quantitative estimate of drug-likeness (QED) is 0.861. The Bertz CT molecular complexity index is 629. The summed E-state index contributed by atoms with van der Waals surface area (Å²) in [5.74, 6) is -0.0486. The lowest BCUT2D eigenvalue weighted by Gasteiger charge is -2.32. The number of H-pyrrole nitrogens is 1. The van der Waals surface area contributed by atoms with Gasteiger partial charge in [-0.05, 0) is 18.2 Å². The van der Waals surface area contributed by atoms with Crippen molar-refractivity contribution in [1.29, 1.82) is 0 Å². The number of hydrogen-bond acceptors (Lipinski definition) is 5. The molecule has 1 saturated heterocycles. The van der Waals surface area contributed by atoms with E-state index in [0.717, 1.165) is 11.4 Å². The van der Waals surface area contributed by atoms with Crippen LogP contribution in [0.3, 0.4) is 0 Å². The Morgan fingerprint density at radius 1 is 1.55 bits per heavy atom. The third kappa shape index (κ3) is 3.15. The van der Waals surface area contributed by atoms with E-state index in [-0.39, 0.29) is 18.6 Å². The molecule has 1 aliphatic heterocycles. The van der Waals surface area contributed by atoms with Crippen molar-refractivity contribution >= 4 is 5.91 Å². The molecule has 7 nitrogen and oxygen atoms in total. The Morgan fingerprint density at radius 3 is 3.23 bits per heavy atom. The third-order valence-electron chi connectivity index (χ3n) is 3.62. The van der Waals surface area contributed by atoms with Gasteiger partial charge in [-0.2, -0.15) is 5.10 Å². The molecule has 1 fully saturated rings. The molecule has 2 N–H and O–H groups in total. The summed E-state index contributed by atoms with van der Waals surface area (Å²) in [5, 5.41) is 16.0. The van der Waals surface area contributed by atoms with E-state index in [1.54, 1.807) is 29.4 Å². The first kappa shape index (κ1) is 14.7. The number of rotatable bonds is 4. The van der Waals surface area contributed by atoms with Gasteiger partial charge in [-0.15, -0.1) is 0 Å². The molecule has 22 heavy (non-hydrogen) atoms. The van der Waals surface area contributed by atoms with Gasteiger partial charge in [-0.1, -0.05) is 0 Å². The predicted molar refractivity (Wildman–Crippen MR) is 78.2 cm³/mol. The van der Waals surface area contributed by atoms with Crippen molar-refractivity contribution in [3.8, 4) is 0 Å². The molecule has 2 aromatic heterocycles. The number of nitrogens with zero attached hydrogens (tertiary/aromatic N) is 3. The first-order valence-corrected chi connectivity index (χ1v) is 7.24. The molecule has 3 heterocycles. The van der Waals surface area contributed by atoms with Gasteiger partial charge >= 0.3 is 0 Å². The topological polar surface area (TPSA) is 91.3 Å². The summed E-state index contributed by atoms with van der Waals surface area (Å²) in [6.07, 6.45) is 3.49. The van der Waals surface area contributed by atoms with Crippen LogP contribution in [0.1, 0.15) is 27.8 Å². The van der Waals surface area contributed by atoms with Gasteiger partial charge in [0, 0.05) is 37.7 Å². The van der Waals surface area contributed by atoms with Crippen LogP contribution in [0.5, 0.6) is 0 Å². The first-order chi connectivity index (χ1) is 10.8. The predicted octanol–water partition coefficient (Wildman–Crippen LogP) is 0.553. The number of hydrogen-bond donors (Lipinski definition) is 2. The van der Waals surface area contributed by atoms with Gasteiger partial charge in [0.2, 0.25) is 0 Å². The maximum atomic E-state index is 12.5. The highest BCUT2D eigenvalue weighted by atomic mass is 16.5. The molecular weight excluding hydrogens is 284 g/mol. The second-order valence-corrected chi connectivity index (χ2v) is 5.14. The van der Waals surface area contributed by atoms with Crippen LogP contribution in [0.4, 0.5) is 0 Å². The van der Waals surface area contributed by atoms with Crippen LogP contribution < -0.4 is 0 Å². The van der Waals surface area contributed by atoms with E-state index in [1.807, 2.05) is 6.07 Å². The van der Waals surface area contributed by atoms with Crippen LogP contribution in [0.15, 0.2) is 30.6 Å². The number of aliphatic hydroxyl groups is 1. The zero-order valence-corrected chi connectivity index (χ0v) is 12.1. The van der Waals surface area contributed by atoms with E-state index in [2.05, 4.69) is 15.2 Å². The standard InChI is InChI=1S/C15H18N4O3/c20-6-3-12-8-13(18-17-12)14-10-19(5-7-22-14)15(21)11-2-1-4-16-9-11/h1-2,4,8-9,14,20H,3,5-7,10H2,(H,17,18)/t14-/m1/s1. The Morgan fingerprint density at radius 2 is 2.45 bits per heavy atom. The molecule has 0 saturated carbocycles. The number of ether oxygens (including phenoxy) is 1. The van der Waals surface area contributed by atoms with Crippen LogP contribution >= 0.6 is 0 Å². The summed E-state index contributed by atoms with van der Waals surface area (Å²) in [4.78, 5) is 18.2. The molecule has 0 aliphatic carbocycles. The van der Waals surface area contributed by atoms with Gasteiger partial charge in [-0.3, -0.25) is 14.9 Å². The van der Waals surface area contributed by atoms with Gasteiger partial charge in [0.05, 0.1) is 24.4 Å². The highest BCUT2D eigenvalue weighted by Gasteiger charge is 2.27. The normalized spacial score (nSPS) is 18.4. The van der Waals surface area contributed by atoms with Gasteiger partial charge in [0.1, 0.15) is 6.10 Å². The molecule has 7 heteroatoms. The largest absolute Gasteiger partial charge is 0.396 e. The molecule has 116 valence electrons. The molecule has 1 atom stereocenters. The fourth-order valence-electron chi connectivity index (χ4n) is 2.48. The minimum absolute atomic E-state index is 0.0486. The lowest BCUT2D eigenvalue weighted by molar-refractivity contribution is -0.0247. The number of aliphatic hydroxyl groups excluding tert-OH is 1. The maximum absolute atomic E-state index is 12.5. The van der Waals surface area contributed by atoms with E-state index < -0.39 is 0 Å². The molecule has 0 spiro atoms. The van der Waals surface area contributed by atoms with Gasteiger partial charge in [-0.25, -0.2) is 0 Å². The van der Waals surface area contributed by atoms with Crippen molar-refractivity contribution in [2.75, 3.05) is 26.3 Å². The van der Waals surface area contributed by atoms with Crippen LogP contribution in [0, 0.1) is 0 Å². The van der Waals surface area contributed by atoms with Crippen molar-refractivity contribution in [1.82, 2.24) is 20.1 Å². The number of nitrogens with one attached hydrogen (secondary N) is 1. The van der Waals surface area contributed by atoms with E-state index in [9.17, 15) is 4.79 Å². The Labute approximate surface area is 127 Å². The number of aromatic nitrogens is 3. The summed E-state index contributed by atoms with van der Waals surface area (Å²) in [5.41, 5.74) is 2.19. The summed E-state index contributed by atoms with van der Waals surface area (Å²) in [6, 6.07) is 5.38. The molecule has 0 radical (unpaired) electrons. The Balaban J connectivity index is 1.69. The second kappa shape index (κ2) is 6.67. The summed E-state index contributed by atoms with van der Waals surface area (Å²) >= 11 is 0. The highest BCUT2D eigenvalue weighted by Crippen LogP contribution is 2.22. The van der Waals surface area contributed by atoms with Crippen LogP contribution in [0.2, 0.25) is 0 Å². The third-order valence-corrected chi connectivity index (χ3v) is 3.62. The van der Waals surface area contributed by atoms with Crippen LogP contribution in [-0.4, -0.2) is 57.4 Å². The first-order valence-electron chi connectivity index (χ1n) is 7.24. The number of morpholine rings is 1. The number of amides is 1. The van der Waals surface area contributed by atoms with Crippen LogP contribution in [-0.2, 0) is 11.2 Å². The van der Waals surface area contributed by atoms with Crippen molar-refractivity contribution in [2.45, 2.75) is 12.5 Å². The molecule has 0 unspecified atom stereocenters. The lowest BCUT2D eigenvalue weighted by atomic mass is 10.1. The average molecular weight is 302 g/mol. The Kier molecular flexibility index (Phi) is 4.45. The molecule has 0 bridgehead atoms. The number of carbonyl (C=O) groups is 1. The minimum Gasteiger partial charge on any atom is -0.396 e. The summed E-state index contributed by atoms with van der Waals surface area (Å²) in [6.45, 7) is 1.55. The van der Waals surface area contributed by atoms with E-state index in [4.69, 9.17) is 9.84 Å². The fraction of sp³-hybridized carbons (Fsp3) is 0.400. The molecule has 1 aliphatic rings. The second-order valence-electron chi connectivity index (χ2n) is 5.14. The van der Waals surface area contributed by atoms with Gasteiger partial charge in [0.15, 0.2) is 0 Å². The van der Waals surface area contributed by atoms with Crippen molar-refractivity contribution in [2.24, 2.45) is 0 Å². The molecular formula is C15H18N4O3. The van der Waals surface area contributed by atoms with Crippen molar-refractivity contribution < 1.29 is 14.6 Å². The monoisotopic (exact) mass is 302 g/mol. The van der Waals surface area contributed by atoms with E-state index >= 15 is 0 Å². The van der Waals surface area contributed by atoms with E-state index in [1.165, 1.54) is 0 Å². The number of aromatic amines is 1. The molecule has 1 amide bonds. The number of pyridine rings is 1. The van der Waals surface area contributed by atoms with Gasteiger partial charge < -0.3 is 14.7 Å². The Hall–Kier alpha value is -2.25. The van der Waals surface area contributed by atoms with Crippen molar-refractivity contribution in [3.63, 3.8) is 0 Å². The van der Waals surface area contributed by atoms with Gasteiger partial charge in [0.25, 0.3) is 5.91 Å².